The smallest absolute Gasteiger partial charge is 0.259 e. The zero-order valence-corrected chi connectivity index (χ0v) is 11.6. The number of phenolic OH excluding ortho intramolecular Hbond substituents is 1. The molecule has 0 aliphatic heterocycles. The summed E-state index contributed by atoms with van der Waals surface area (Å²) < 4.78 is 0. The Kier molecular flexibility index (Phi) is 5.22. The van der Waals surface area contributed by atoms with Crippen molar-refractivity contribution in [2.24, 2.45) is 0 Å². The number of carbonyl (C=O) groups is 1. The van der Waals surface area contributed by atoms with E-state index in [1.165, 1.54) is 6.07 Å². The second-order valence-electron chi connectivity index (χ2n) is 3.34. The molecule has 2 aromatic rings. The monoisotopic (exact) mass is 236 g/mol. The van der Waals surface area contributed by atoms with Crippen molar-refractivity contribution in [1.82, 2.24) is 0 Å². The maximum Gasteiger partial charge on any atom is 0.259 e. The number of rotatable bonds is 2. The van der Waals surface area contributed by atoms with Crippen molar-refractivity contribution >= 4 is 41.2 Å². The molecule has 0 saturated carbocycles. The third-order valence-corrected chi connectivity index (χ3v) is 2.18. The van der Waals surface area contributed by atoms with E-state index in [2.05, 4.69) is 5.32 Å². The van der Waals surface area contributed by atoms with Gasteiger partial charge in [-0.25, -0.2) is 0 Å². The predicted molar refractivity (Wildman–Crippen MR) is 68.3 cm³/mol. The summed E-state index contributed by atoms with van der Waals surface area (Å²) in [5.74, 6) is -0.333. The second kappa shape index (κ2) is 6.45. The van der Waals surface area contributed by atoms with Gasteiger partial charge in [0.2, 0.25) is 0 Å². The molecule has 0 spiro atoms. The summed E-state index contributed by atoms with van der Waals surface area (Å²) in [5.41, 5.74) is 0.974. The number of aromatic hydroxyl groups is 1. The average molecular weight is 236 g/mol. The second-order valence-corrected chi connectivity index (χ2v) is 3.34. The van der Waals surface area contributed by atoms with E-state index in [0.717, 1.165) is 0 Å². The van der Waals surface area contributed by atoms with E-state index in [9.17, 15) is 9.90 Å². The number of benzene rings is 2. The van der Waals surface area contributed by atoms with Gasteiger partial charge in [0.25, 0.3) is 5.91 Å². The molecule has 1 amide bonds. The fourth-order valence-electron chi connectivity index (χ4n) is 1.39. The molecule has 0 heterocycles. The standard InChI is InChI=1S/C13H11NO2.Na/c15-12-9-5-4-8-11(12)13(16)14-10-6-2-1-3-7-10;/h1-9,15H,(H,14,16);. The number of para-hydroxylation sites is 2. The molecule has 0 fully saturated rings. The van der Waals surface area contributed by atoms with E-state index in [1.807, 2.05) is 18.2 Å². The molecule has 3 nitrogen and oxygen atoms in total. The molecule has 2 N–H and O–H groups in total. The molecule has 1 radical (unpaired) electrons. The Labute approximate surface area is 122 Å². The van der Waals surface area contributed by atoms with Crippen LogP contribution in [-0.4, -0.2) is 40.6 Å². The molecule has 0 bridgehead atoms. The van der Waals surface area contributed by atoms with Crippen molar-refractivity contribution in [2.75, 3.05) is 5.32 Å². The van der Waals surface area contributed by atoms with Gasteiger partial charge in [-0.2, -0.15) is 0 Å². The number of anilines is 1. The van der Waals surface area contributed by atoms with Gasteiger partial charge in [0.1, 0.15) is 5.75 Å². The summed E-state index contributed by atoms with van der Waals surface area (Å²) in [4.78, 5) is 11.8. The van der Waals surface area contributed by atoms with Crippen LogP contribution in [0.2, 0.25) is 0 Å². The Hall–Kier alpha value is -1.29. The molecule has 0 saturated heterocycles. The van der Waals surface area contributed by atoms with Crippen LogP contribution >= 0.6 is 0 Å². The minimum atomic E-state index is -0.315. The van der Waals surface area contributed by atoms with Gasteiger partial charge < -0.3 is 10.4 Å². The summed E-state index contributed by atoms with van der Waals surface area (Å²) in [5, 5.41) is 12.2. The Morgan fingerprint density at radius 3 is 2.18 bits per heavy atom. The number of amides is 1. The summed E-state index contributed by atoms with van der Waals surface area (Å²) in [6.45, 7) is 0. The molecule has 4 heteroatoms. The van der Waals surface area contributed by atoms with Crippen LogP contribution in [0.5, 0.6) is 5.75 Å². The summed E-state index contributed by atoms with van der Waals surface area (Å²) in [6, 6.07) is 15.6. The van der Waals surface area contributed by atoms with Gasteiger partial charge in [-0.15, -0.1) is 0 Å². The van der Waals surface area contributed by atoms with Gasteiger partial charge in [0.15, 0.2) is 0 Å². The van der Waals surface area contributed by atoms with Crippen LogP contribution < -0.4 is 5.32 Å². The molecule has 2 aromatic carbocycles. The number of hydrogen-bond donors (Lipinski definition) is 2. The molecule has 2 rings (SSSR count). The third-order valence-electron chi connectivity index (χ3n) is 2.18. The van der Waals surface area contributed by atoms with Gasteiger partial charge in [-0.3, -0.25) is 4.79 Å². The minimum absolute atomic E-state index is 0. The van der Waals surface area contributed by atoms with E-state index >= 15 is 0 Å². The van der Waals surface area contributed by atoms with Gasteiger partial charge in [-0.05, 0) is 24.3 Å². The van der Waals surface area contributed by atoms with Crippen LogP contribution in [0.25, 0.3) is 0 Å². The summed E-state index contributed by atoms with van der Waals surface area (Å²) in [7, 11) is 0. The molecular formula is C13H11NNaO2. The number of phenols is 1. The zero-order chi connectivity index (χ0) is 11.4. The van der Waals surface area contributed by atoms with Gasteiger partial charge in [0, 0.05) is 35.2 Å². The summed E-state index contributed by atoms with van der Waals surface area (Å²) in [6.07, 6.45) is 0. The number of nitrogens with one attached hydrogen (secondary N) is 1. The molecule has 0 aromatic heterocycles. The van der Waals surface area contributed by atoms with E-state index in [-0.39, 0.29) is 46.8 Å². The largest absolute Gasteiger partial charge is 0.507 e. The van der Waals surface area contributed by atoms with Crippen LogP contribution in [0.4, 0.5) is 5.69 Å². The van der Waals surface area contributed by atoms with Crippen molar-refractivity contribution in [2.45, 2.75) is 0 Å². The molecule has 81 valence electrons. The number of carbonyl (C=O) groups excluding carboxylic acids is 1. The van der Waals surface area contributed by atoms with E-state index < -0.39 is 0 Å². The first kappa shape index (κ1) is 13.8. The molecule has 0 unspecified atom stereocenters. The van der Waals surface area contributed by atoms with Crippen LogP contribution in [-0.2, 0) is 0 Å². The van der Waals surface area contributed by atoms with Gasteiger partial charge in [0.05, 0.1) is 5.56 Å². The maximum atomic E-state index is 11.8. The normalized spacial score (nSPS) is 9.18. The topological polar surface area (TPSA) is 49.3 Å². The molecule has 17 heavy (non-hydrogen) atoms. The SMILES string of the molecule is O=C(Nc1ccccc1)c1ccccc1O.[Na]. The van der Waals surface area contributed by atoms with Crippen LogP contribution in [0.1, 0.15) is 10.4 Å². The predicted octanol–water partition coefficient (Wildman–Crippen LogP) is 2.26. The van der Waals surface area contributed by atoms with Crippen molar-refractivity contribution < 1.29 is 9.90 Å². The van der Waals surface area contributed by atoms with E-state index in [1.54, 1.807) is 30.3 Å². The fraction of sp³-hybridized carbons (Fsp3) is 0. The first-order chi connectivity index (χ1) is 7.77. The minimum Gasteiger partial charge on any atom is -0.507 e. The fourth-order valence-corrected chi connectivity index (χ4v) is 1.39. The quantitative estimate of drug-likeness (QED) is 0.786. The van der Waals surface area contributed by atoms with Gasteiger partial charge in [-0.1, -0.05) is 30.3 Å². The maximum absolute atomic E-state index is 11.8. The van der Waals surface area contributed by atoms with Gasteiger partial charge >= 0.3 is 0 Å². The van der Waals surface area contributed by atoms with E-state index in [0.29, 0.717) is 5.69 Å². The first-order valence-corrected chi connectivity index (χ1v) is 4.92. The third kappa shape index (κ3) is 3.60. The first-order valence-electron chi connectivity index (χ1n) is 4.92. The Morgan fingerprint density at radius 1 is 0.941 bits per heavy atom. The van der Waals surface area contributed by atoms with Crippen molar-refractivity contribution in [1.29, 1.82) is 0 Å². The molecular weight excluding hydrogens is 225 g/mol. The zero-order valence-electron chi connectivity index (χ0n) is 9.55. The number of hydrogen-bond acceptors (Lipinski definition) is 2. The molecule has 0 aliphatic rings. The van der Waals surface area contributed by atoms with Crippen LogP contribution in [0, 0.1) is 0 Å². The van der Waals surface area contributed by atoms with Crippen molar-refractivity contribution in [3.8, 4) is 5.75 Å². The summed E-state index contributed by atoms with van der Waals surface area (Å²) >= 11 is 0. The van der Waals surface area contributed by atoms with Crippen LogP contribution in [0.3, 0.4) is 0 Å². The average Bonchev–Trinajstić information content (AvgIpc) is 2.31. The van der Waals surface area contributed by atoms with E-state index in [4.69, 9.17) is 0 Å². The molecule has 0 atom stereocenters. The Bertz CT molecular complexity index is 500. The van der Waals surface area contributed by atoms with Crippen molar-refractivity contribution in [3.05, 3.63) is 60.2 Å². The Morgan fingerprint density at radius 2 is 1.53 bits per heavy atom. The Balaban J connectivity index is 0.00000144. The van der Waals surface area contributed by atoms with Crippen molar-refractivity contribution in [3.63, 3.8) is 0 Å². The molecule has 0 aliphatic carbocycles. The van der Waals surface area contributed by atoms with Crippen LogP contribution in [0.15, 0.2) is 54.6 Å².